The minimum atomic E-state index is 0.151. The second-order valence-electron chi connectivity index (χ2n) is 13.2. The highest BCUT2D eigenvalue weighted by Gasteiger charge is 2.31. The van der Waals surface area contributed by atoms with E-state index in [4.69, 9.17) is 19.4 Å². The second kappa shape index (κ2) is 11.5. The normalized spacial score (nSPS) is 14.7. The zero-order valence-electron chi connectivity index (χ0n) is 27.7. The molecule has 2 aliphatic heterocycles. The van der Waals surface area contributed by atoms with Crippen molar-refractivity contribution in [2.24, 2.45) is 0 Å². The van der Waals surface area contributed by atoms with E-state index < -0.39 is 0 Å². The van der Waals surface area contributed by atoms with Crippen LogP contribution in [-0.2, 0) is 0 Å². The van der Waals surface area contributed by atoms with Crippen molar-refractivity contribution in [2.75, 3.05) is 0 Å². The smallest absolute Gasteiger partial charge is 0.167 e. The summed E-state index contributed by atoms with van der Waals surface area (Å²) in [6.07, 6.45) is 0. The fourth-order valence-corrected chi connectivity index (χ4v) is 8.95. The van der Waals surface area contributed by atoms with Crippen molar-refractivity contribution < 1.29 is 4.42 Å². The molecule has 0 amide bonds. The number of nitrogens with zero attached hydrogens (tertiary/aromatic N) is 3. The highest BCUT2D eigenvalue weighted by Crippen LogP contribution is 2.43. The zero-order valence-corrected chi connectivity index (χ0v) is 28.6. The lowest BCUT2D eigenvalue weighted by molar-refractivity contribution is 0.669. The number of hydrogen-bond donors (Lipinski definition) is 1. The summed E-state index contributed by atoms with van der Waals surface area (Å²) in [7, 11) is 0. The van der Waals surface area contributed by atoms with Crippen LogP contribution in [0.2, 0.25) is 0 Å². The van der Waals surface area contributed by atoms with E-state index in [9.17, 15) is 0 Å². The van der Waals surface area contributed by atoms with Gasteiger partial charge in [-0.2, -0.15) is 0 Å². The molecule has 2 aromatic heterocycles. The largest absolute Gasteiger partial charge is 0.455 e. The predicted octanol–water partition coefficient (Wildman–Crippen LogP) is 9.32. The molecule has 1 atom stereocenters. The number of thioether (sulfide) groups is 1. The molecule has 6 heteroatoms. The van der Waals surface area contributed by atoms with Crippen molar-refractivity contribution in [3.05, 3.63) is 179 Å². The van der Waals surface area contributed by atoms with Crippen molar-refractivity contribution >= 4 is 55.7 Å². The van der Waals surface area contributed by atoms with Gasteiger partial charge >= 0.3 is 0 Å². The summed E-state index contributed by atoms with van der Waals surface area (Å²) in [4.78, 5) is 16.6. The maximum atomic E-state index is 6.44. The number of rotatable bonds is 4. The molecule has 9 aromatic rings. The lowest BCUT2D eigenvalue weighted by Crippen LogP contribution is -2.44. The van der Waals surface area contributed by atoms with Crippen LogP contribution in [0.1, 0.15) is 11.1 Å². The molecular formula is C46H28N4OS. The summed E-state index contributed by atoms with van der Waals surface area (Å²) >= 11 is 1.88. The first-order chi connectivity index (χ1) is 25.7. The van der Waals surface area contributed by atoms with Crippen molar-refractivity contribution in [3.63, 3.8) is 0 Å². The SMILES string of the molecule is c1ccc2c(c1)SC1NC(c3ccc(-c4nc(-c5ccc6ccccc6c5)nc(-c5cccc6c5oc5ccccc56)n4)cc3)=c3ccccc3=C21. The zero-order chi connectivity index (χ0) is 34.2. The molecule has 0 fully saturated rings. The van der Waals surface area contributed by atoms with Crippen molar-refractivity contribution in [1.29, 1.82) is 0 Å². The Balaban J connectivity index is 1.07. The number of para-hydroxylation sites is 2. The van der Waals surface area contributed by atoms with E-state index in [1.54, 1.807) is 0 Å². The van der Waals surface area contributed by atoms with Gasteiger partial charge in [0.05, 0.1) is 11.3 Å². The van der Waals surface area contributed by atoms with Gasteiger partial charge in [-0.25, -0.2) is 15.0 Å². The first-order valence-electron chi connectivity index (χ1n) is 17.4. The Kier molecular flexibility index (Phi) is 6.48. The number of hydrogen-bond acceptors (Lipinski definition) is 6. The van der Waals surface area contributed by atoms with E-state index in [0.717, 1.165) is 55.3 Å². The Morgan fingerprint density at radius 1 is 0.500 bits per heavy atom. The maximum Gasteiger partial charge on any atom is 0.167 e. The van der Waals surface area contributed by atoms with Gasteiger partial charge in [0, 0.05) is 37.6 Å². The van der Waals surface area contributed by atoms with Gasteiger partial charge in [-0.1, -0.05) is 145 Å². The Bertz CT molecular complexity index is 3040. The van der Waals surface area contributed by atoms with Gasteiger partial charge in [0.25, 0.3) is 0 Å². The number of benzene rings is 7. The molecule has 5 nitrogen and oxygen atoms in total. The Morgan fingerprint density at radius 2 is 1.15 bits per heavy atom. The third-order valence-corrected chi connectivity index (χ3v) is 11.4. The Morgan fingerprint density at radius 3 is 2.06 bits per heavy atom. The Hall–Kier alpha value is -6.50. The molecule has 4 heterocycles. The van der Waals surface area contributed by atoms with Crippen LogP contribution in [0.5, 0.6) is 0 Å². The van der Waals surface area contributed by atoms with Gasteiger partial charge in [-0.3, -0.25) is 0 Å². The van der Waals surface area contributed by atoms with Crippen molar-refractivity contribution in [1.82, 2.24) is 20.3 Å². The van der Waals surface area contributed by atoms with Crippen molar-refractivity contribution in [3.8, 4) is 34.2 Å². The predicted molar refractivity (Wildman–Crippen MR) is 211 cm³/mol. The minimum absolute atomic E-state index is 0.151. The molecule has 1 N–H and O–H groups in total. The van der Waals surface area contributed by atoms with E-state index in [1.165, 1.54) is 31.9 Å². The van der Waals surface area contributed by atoms with Gasteiger partial charge in [0.2, 0.25) is 0 Å². The number of nitrogens with one attached hydrogen (secondary N) is 1. The molecule has 0 spiro atoms. The maximum absolute atomic E-state index is 6.44. The van der Waals surface area contributed by atoms with Gasteiger partial charge in [0.1, 0.15) is 16.5 Å². The summed E-state index contributed by atoms with van der Waals surface area (Å²) in [5, 5.41) is 10.9. The van der Waals surface area contributed by atoms with Gasteiger partial charge < -0.3 is 9.73 Å². The van der Waals surface area contributed by atoms with Crippen LogP contribution in [0, 0.1) is 0 Å². The topological polar surface area (TPSA) is 63.8 Å². The fourth-order valence-electron chi connectivity index (χ4n) is 7.68. The van der Waals surface area contributed by atoms with E-state index in [0.29, 0.717) is 17.5 Å². The number of fused-ring (bicyclic) bond motifs is 8. The lowest BCUT2D eigenvalue weighted by atomic mass is 9.96. The lowest BCUT2D eigenvalue weighted by Gasteiger charge is -2.23. The summed E-state index contributed by atoms with van der Waals surface area (Å²) in [6, 6.07) is 55.0. The van der Waals surface area contributed by atoms with Crippen LogP contribution in [0.25, 0.3) is 78.1 Å². The second-order valence-corrected chi connectivity index (χ2v) is 14.3. The van der Waals surface area contributed by atoms with E-state index >= 15 is 0 Å². The van der Waals surface area contributed by atoms with Gasteiger partial charge in [-0.15, -0.1) is 0 Å². The van der Waals surface area contributed by atoms with E-state index in [2.05, 4.69) is 133 Å². The van der Waals surface area contributed by atoms with Crippen LogP contribution in [0.4, 0.5) is 0 Å². The molecule has 2 aliphatic rings. The van der Waals surface area contributed by atoms with Crippen LogP contribution in [0.3, 0.4) is 0 Å². The van der Waals surface area contributed by atoms with Crippen LogP contribution in [0.15, 0.2) is 167 Å². The van der Waals surface area contributed by atoms with Gasteiger partial charge in [0.15, 0.2) is 17.5 Å². The molecular weight excluding hydrogens is 657 g/mol. The van der Waals surface area contributed by atoms with Crippen LogP contribution >= 0.6 is 11.8 Å². The van der Waals surface area contributed by atoms with Crippen molar-refractivity contribution in [2.45, 2.75) is 10.3 Å². The summed E-state index contributed by atoms with van der Waals surface area (Å²) in [5.41, 5.74) is 9.18. The molecule has 0 saturated carbocycles. The third kappa shape index (κ3) is 4.61. The Labute approximate surface area is 303 Å². The third-order valence-electron chi connectivity index (χ3n) is 10.2. The monoisotopic (exact) mass is 684 g/mol. The summed E-state index contributed by atoms with van der Waals surface area (Å²) in [6.45, 7) is 0. The fraction of sp³-hybridized carbons (Fsp3) is 0.0217. The van der Waals surface area contributed by atoms with Crippen LogP contribution < -0.4 is 15.8 Å². The molecule has 244 valence electrons. The molecule has 0 radical (unpaired) electrons. The average Bonchev–Trinajstić information content (AvgIpc) is 3.79. The van der Waals surface area contributed by atoms with E-state index in [1.807, 2.05) is 42.1 Å². The highest BCUT2D eigenvalue weighted by molar-refractivity contribution is 8.00. The molecule has 11 rings (SSSR count). The van der Waals surface area contributed by atoms with Crippen LogP contribution in [-0.4, -0.2) is 20.3 Å². The molecule has 0 saturated heterocycles. The molecule has 7 aromatic carbocycles. The number of aromatic nitrogens is 3. The first-order valence-corrected chi connectivity index (χ1v) is 18.3. The standard InChI is InChI=1S/C46H28N4OS/c1-2-11-30-26-31(25-20-27(30)10-1)44-48-43(49-45(50-44)37-17-9-16-35-32-12-5-7-18-38(32)51-42(35)37)29-23-21-28(22-24-29)41-34-14-4-3-13-33(34)40-36-15-6-8-19-39(36)52-46(40)47-41/h1-26,46-47H. The summed E-state index contributed by atoms with van der Waals surface area (Å²) in [5.74, 6) is 1.79. The van der Waals surface area contributed by atoms with Gasteiger partial charge in [-0.05, 0) is 51.4 Å². The molecule has 52 heavy (non-hydrogen) atoms. The number of furan rings is 1. The first kappa shape index (κ1) is 29.3. The molecule has 0 aliphatic carbocycles. The minimum Gasteiger partial charge on any atom is -0.455 e. The molecule has 1 unspecified atom stereocenters. The quantitative estimate of drug-likeness (QED) is 0.199. The van der Waals surface area contributed by atoms with E-state index in [-0.39, 0.29) is 5.37 Å². The average molecular weight is 685 g/mol. The molecule has 0 bridgehead atoms. The summed E-state index contributed by atoms with van der Waals surface area (Å²) < 4.78 is 6.44. The highest BCUT2D eigenvalue weighted by atomic mass is 32.2.